The van der Waals surface area contributed by atoms with Crippen LogP contribution in [0.25, 0.3) is 0 Å². The third-order valence-corrected chi connectivity index (χ3v) is 2.63. The van der Waals surface area contributed by atoms with Gasteiger partial charge in [0.25, 0.3) is 11.6 Å². The summed E-state index contributed by atoms with van der Waals surface area (Å²) in [4.78, 5) is 21.7. The van der Waals surface area contributed by atoms with Gasteiger partial charge in [0, 0.05) is 0 Å². The van der Waals surface area contributed by atoms with Crippen molar-refractivity contribution in [2.45, 2.75) is 0 Å². The maximum absolute atomic E-state index is 13.2. The maximum atomic E-state index is 13.2. The Morgan fingerprint density at radius 1 is 1.19 bits per heavy atom. The lowest BCUT2D eigenvalue weighted by atomic mass is 10.1. The number of nitro groups is 1. The molecule has 1 amide bonds. The summed E-state index contributed by atoms with van der Waals surface area (Å²) in [5.41, 5.74) is -1.54. The lowest BCUT2D eigenvalue weighted by molar-refractivity contribution is -0.385. The number of halogens is 2. The van der Waals surface area contributed by atoms with Gasteiger partial charge in [0.15, 0.2) is 11.6 Å². The highest BCUT2D eigenvalue weighted by molar-refractivity contribution is 6.07. The first-order valence-electron chi connectivity index (χ1n) is 5.63. The predicted octanol–water partition coefficient (Wildman–Crippen LogP) is 2.83. The van der Waals surface area contributed by atoms with Crippen molar-refractivity contribution in [2.24, 2.45) is 0 Å². The van der Waals surface area contributed by atoms with Crippen LogP contribution in [0.3, 0.4) is 0 Å². The van der Waals surface area contributed by atoms with Gasteiger partial charge in [0.2, 0.25) is 0 Å². The maximum Gasteiger partial charge on any atom is 0.285 e. The zero-order chi connectivity index (χ0) is 15.6. The number of anilines is 1. The summed E-state index contributed by atoms with van der Waals surface area (Å²) in [6.07, 6.45) is 0. The molecule has 0 fully saturated rings. The van der Waals surface area contributed by atoms with E-state index in [9.17, 15) is 28.8 Å². The van der Waals surface area contributed by atoms with E-state index >= 15 is 0 Å². The fourth-order valence-electron chi connectivity index (χ4n) is 1.64. The Bertz CT molecular complexity index is 734. The number of phenols is 1. The Kier molecular flexibility index (Phi) is 3.79. The molecular weight excluding hydrogens is 286 g/mol. The van der Waals surface area contributed by atoms with E-state index < -0.39 is 33.7 Å². The summed E-state index contributed by atoms with van der Waals surface area (Å²) >= 11 is 0. The Morgan fingerprint density at radius 3 is 2.43 bits per heavy atom. The first-order valence-corrected chi connectivity index (χ1v) is 5.63. The number of nitrogens with zero attached hydrogens (tertiary/aromatic N) is 1. The number of hydrogen-bond acceptors (Lipinski definition) is 4. The van der Waals surface area contributed by atoms with E-state index in [4.69, 9.17) is 0 Å². The van der Waals surface area contributed by atoms with Gasteiger partial charge >= 0.3 is 0 Å². The van der Waals surface area contributed by atoms with Gasteiger partial charge in [-0.2, -0.15) is 0 Å². The molecule has 6 nitrogen and oxygen atoms in total. The third kappa shape index (κ3) is 2.94. The number of aromatic hydroxyl groups is 1. The molecule has 0 bridgehead atoms. The first-order chi connectivity index (χ1) is 9.90. The number of carbonyl (C=O) groups is 1. The van der Waals surface area contributed by atoms with E-state index in [1.54, 1.807) is 0 Å². The molecule has 2 N–H and O–H groups in total. The monoisotopic (exact) mass is 294 g/mol. The minimum absolute atomic E-state index is 0.0125. The van der Waals surface area contributed by atoms with E-state index in [1.165, 1.54) is 24.3 Å². The van der Waals surface area contributed by atoms with Gasteiger partial charge in [-0.1, -0.05) is 12.1 Å². The minimum atomic E-state index is -1.43. The highest BCUT2D eigenvalue weighted by Crippen LogP contribution is 2.26. The molecule has 0 spiro atoms. The number of para-hydroxylation sites is 2. The number of hydrogen-bond donors (Lipinski definition) is 2. The van der Waals surface area contributed by atoms with Crippen LogP contribution in [0.4, 0.5) is 20.2 Å². The molecule has 0 aliphatic heterocycles. The molecule has 0 saturated heterocycles. The lowest BCUT2D eigenvalue weighted by Gasteiger charge is -2.07. The minimum Gasteiger partial charge on any atom is -0.506 e. The molecule has 0 radical (unpaired) electrons. The molecule has 0 heterocycles. The van der Waals surface area contributed by atoms with E-state index in [0.717, 1.165) is 0 Å². The molecule has 0 aliphatic rings. The molecular formula is C13H8F2N2O4. The van der Waals surface area contributed by atoms with Crippen molar-refractivity contribution in [2.75, 3.05) is 5.32 Å². The van der Waals surface area contributed by atoms with Gasteiger partial charge in [-0.15, -0.1) is 0 Å². The van der Waals surface area contributed by atoms with Gasteiger partial charge in [-0.25, -0.2) is 8.78 Å². The average molecular weight is 294 g/mol. The second kappa shape index (κ2) is 5.53. The molecule has 0 aromatic heterocycles. The smallest absolute Gasteiger partial charge is 0.285 e. The summed E-state index contributed by atoms with van der Waals surface area (Å²) in [7, 11) is 0. The SMILES string of the molecule is O=C(Nc1ccccc1O)c1cc(F)c(F)cc1[N+](=O)[O-]. The zero-order valence-corrected chi connectivity index (χ0v) is 10.3. The number of nitro benzene ring substituents is 1. The normalized spacial score (nSPS) is 10.2. The van der Waals surface area contributed by atoms with Gasteiger partial charge < -0.3 is 10.4 Å². The molecule has 108 valence electrons. The number of rotatable bonds is 3. The quantitative estimate of drug-likeness (QED) is 0.517. The topological polar surface area (TPSA) is 92.5 Å². The molecule has 0 saturated carbocycles. The standard InChI is InChI=1S/C13H8F2N2O4/c14-8-5-7(11(17(20)21)6-9(8)15)13(19)16-10-3-1-2-4-12(10)18/h1-6,18H,(H,16,19). The van der Waals surface area contributed by atoms with Gasteiger partial charge in [-0.3, -0.25) is 14.9 Å². The van der Waals surface area contributed by atoms with Crippen LogP contribution in [0.2, 0.25) is 0 Å². The summed E-state index contributed by atoms with van der Waals surface area (Å²) in [5, 5.41) is 22.5. The molecule has 0 unspecified atom stereocenters. The van der Waals surface area contributed by atoms with Crippen molar-refractivity contribution in [3.8, 4) is 5.75 Å². The Morgan fingerprint density at radius 2 is 1.81 bits per heavy atom. The number of phenolic OH excluding ortho intramolecular Hbond substituents is 1. The van der Waals surface area contributed by atoms with Crippen molar-refractivity contribution in [1.82, 2.24) is 0 Å². The van der Waals surface area contributed by atoms with Crippen LogP contribution in [-0.4, -0.2) is 15.9 Å². The van der Waals surface area contributed by atoms with E-state index in [1.807, 2.05) is 0 Å². The second-order valence-electron chi connectivity index (χ2n) is 4.01. The predicted molar refractivity (Wildman–Crippen MR) is 69.1 cm³/mol. The molecule has 2 aromatic carbocycles. The zero-order valence-electron chi connectivity index (χ0n) is 10.3. The molecule has 0 aliphatic carbocycles. The highest BCUT2D eigenvalue weighted by atomic mass is 19.2. The van der Waals surface area contributed by atoms with Crippen molar-refractivity contribution >= 4 is 17.3 Å². The molecule has 2 rings (SSSR count). The Balaban J connectivity index is 2.42. The summed E-state index contributed by atoms with van der Waals surface area (Å²) in [6, 6.07) is 6.41. The second-order valence-corrected chi connectivity index (χ2v) is 4.01. The molecule has 8 heteroatoms. The third-order valence-electron chi connectivity index (χ3n) is 2.63. The van der Waals surface area contributed by atoms with Crippen LogP contribution in [0.5, 0.6) is 5.75 Å². The van der Waals surface area contributed by atoms with Crippen molar-refractivity contribution < 1.29 is 23.6 Å². The first kappa shape index (κ1) is 14.4. The molecule has 0 atom stereocenters. The van der Waals surface area contributed by atoms with Crippen LogP contribution < -0.4 is 5.32 Å². The van der Waals surface area contributed by atoms with E-state index in [-0.39, 0.29) is 11.4 Å². The summed E-state index contributed by atoms with van der Waals surface area (Å²) in [6.45, 7) is 0. The Hall–Kier alpha value is -3.03. The van der Waals surface area contributed by atoms with Crippen LogP contribution in [0.15, 0.2) is 36.4 Å². The molecule has 21 heavy (non-hydrogen) atoms. The largest absolute Gasteiger partial charge is 0.506 e. The van der Waals surface area contributed by atoms with Crippen LogP contribution >= 0.6 is 0 Å². The lowest BCUT2D eigenvalue weighted by Crippen LogP contribution is -2.15. The fraction of sp³-hybridized carbons (Fsp3) is 0. The highest BCUT2D eigenvalue weighted by Gasteiger charge is 2.24. The Labute approximate surface area is 116 Å². The van der Waals surface area contributed by atoms with Crippen molar-refractivity contribution in [1.29, 1.82) is 0 Å². The number of carbonyl (C=O) groups excluding carboxylic acids is 1. The average Bonchev–Trinajstić information content (AvgIpc) is 2.43. The number of nitrogens with one attached hydrogen (secondary N) is 1. The van der Waals surface area contributed by atoms with Crippen LogP contribution in [0, 0.1) is 21.7 Å². The van der Waals surface area contributed by atoms with E-state index in [2.05, 4.69) is 5.32 Å². The van der Waals surface area contributed by atoms with Gasteiger partial charge in [0.1, 0.15) is 11.3 Å². The van der Waals surface area contributed by atoms with Crippen LogP contribution in [0.1, 0.15) is 10.4 Å². The number of amides is 1. The summed E-state index contributed by atoms with van der Waals surface area (Å²) in [5.74, 6) is -4.12. The van der Waals surface area contributed by atoms with E-state index in [0.29, 0.717) is 12.1 Å². The fourth-order valence-corrected chi connectivity index (χ4v) is 1.64. The number of benzene rings is 2. The summed E-state index contributed by atoms with van der Waals surface area (Å²) < 4.78 is 26.2. The van der Waals surface area contributed by atoms with Crippen LogP contribution in [-0.2, 0) is 0 Å². The van der Waals surface area contributed by atoms with Gasteiger partial charge in [-0.05, 0) is 18.2 Å². The van der Waals surface area contributed by atoms with Crippen molar-refractivity contribution in [3.63, 3.8) is 0 Å². The van der Waals surface area contributed by atoms with Crippen molar-refractivity contribution in [3.05, 3.63) is 63.7 Å². The van der Waals surface area contributed by atoms with Gasteiger partial charge in [0.05, 0.1) is 16.7 Å². The molecule has 2 aromatic rings.